The number of furan rings is 1. The second kappa shape index (κ2) is 8.35. The van der Waals surface area contributed by atoms with Gasteiger partial charge >= 0.3 is 0 Å². The first-order chi connectivity index (χ1) is 13.7. The first-order valence-corrected chi connectivity index (χ1v) is 10.1. The molecule has 0 spiro atoms. The minimum Gasteiger partial charge on any atom is -0.459 e. The largest absolute Gasteiger partial charge is 0.459 e. The van der Waals surface area contributed by atoms with E-state index in [4.69, 9.17) is 4.42 Å². The number of fused-ring (bicyclic) bond motifs is 1. The van der Waals surface area contributed by atoms with E-state index in [9.17, 15) is 4.79 Å². The van der Waals surface area contributed by atoms with Crippen molar-refractivity contribution in [2.75, 3.05) is 5.75 Å². The lowest BCUT2D eigenvalue weighted by molar-refractivity contribution is -0.119. The van der Waals surface area contributed by atoms with Crippen molar-refractivity contribution < 1.29 is 9.21 Å². The maximum Gasteiger partial charge on any atom is 0.231 e. The summed E-state index contributed by atoms with van der Waals surface area (Å²) >= 11 is 1.43. The van der Waals surface area contributed by atoms with E-state index in [1.165, 1.54) is 17.3 Å². The zero-order valence-electron chi connectivity index (χ0n) is 15.5. The van der Waals surface area contributed by atoms with E-state index in [-0.39, 0.29) is 11.9 Å². The Balaban J connectivity index is 1.34. The number of amides is 1. The summed E-state index contributed by atoms with van der Waals surface area (Å²) in [5, 5.41) is 4.87. The van der Waals surface area contributed by atoms with E-state index in [2.05, 4.69) is 27.0 Å². The molecule has 5 nitrogen and oxygen atoms in total. The van der Waals surface area contributed by atoms with Crippen molar-refractivity contribution in [2.24, 2.45) is 0 Å². The topological polar surface area (TPSA) is 60.1 Å². The molecule has 0 saturated heterocycles. The van der Waals surface area contributed by atoms with Crippen molar-refractivity contribution in [1.29, 1.82) is 0 Å². The Morgan fingerprint density at radius 3 is 2.79 bits per heavy atom. The first kappa shape index (κ1) is 18.4. The van der Waals surface area contributed by atoms with Crippen LogP contribution in [0.4, 0.5) is 0 Å². The number of aromatic nitrogens is 2. The number of benzene rings is 2. The van der Waals surface area contributed by atoms with Crippen LogP contribution in [0.3, 0.4) is 0 Å². The number of carbonyl (C=O) groups excluding carboxylic acids is 1. The number of carbonyl (C=O) groups is 1. The highest BCUT2D eigenvalue weighted by Gasteiger charge is 2.15. The number of hydrogen-bond donors (Lipinski definition) is 1. The summed E-state index contributed by atoms with van der Waals surface area (Å²) in [7, 11) is 0. The Hall–Kier alpha value is -2.99. The smallest absolute Gasteiger partial charge is 0.231 e. The van der Waals surface area contributed by atoms with E-state index < -0.39 is 0 Å². The minimum atomic E-state index is -0.190. The number of imidazole rings is 1. The Labute approximate surface area is 167 Å². The fourth-order valence-electron chi connectivity index (χ4n) is 3.04. The van der Waals surface area contributed by atoms with Gasteiger partial charge in [-0.2, -0.15) is 0 Å². The van der Waals surface area contributed by atoms with Crippen LogP contribution in [0, 0.1) is 0 Å². The van der Waals surface area contributed by atoms with E-state index >= 15 is 0 Å². The zero-order chi connectivity index (χ0) is 19.3. The molecule has 1 amide bonds. The molecule has 4 rings (SSSR count). The van der Waals surface area contributed by atoms with Gasteiger partial charge in [-0.3, -0.25) is 4.79 Å². The Morgan fingerprint density at radius 1 is 1.18 bits per heavy atom. The van der Waals surface area contributed by atoms with Gasteiger partial charge in [-0.15, -0.1) is 0 Å². The normalized spacial score (nSPS) is 12.2. The van der Waals surface area contributed by atoms with Crippen LogP contribution in [0.25, 0.3) is 11.0 Å². The second-order valence-corrected chi connectivity index (χ2v) is 7.53. The van der Waals surface area contributed by atoms with Gasteiger partial charge in [-0.05, 0) is 24.6 Å². The molecule has 0 unspecified atom stereocenters. The standard InChI is InChI=1S/C22H21N3O2S/c1-16(20-13-18-9-5-6-10-19(18)27-20)24-21(26)15-28-22-23-11-12-25(22)14-17-7-3-2-4-8-17/h2-13,16H,14-15H2,1H3,(H,24,26)/t16-/m0/s1. The third kappa shape index (κ3) is 4.28. The summed E-state index contributed by atoms with van der Waals surface area (Å²) in [4.78, 5) is 16.8. The molecule has 0 bridgehead atoms. The molecule has 1 N–H and O–H groups in total. The summed E-state index contributed by atoms with van der Waals surface area (Å²) in [6, 6.07) is 19.8. The van der Waals surface area contributed by atoms with E-state index in [1.807, 2.05) is 61.7 Å². The van der Waals surface area contributed by atoms with Gasteiger partial charge < -0.3 is 14.3 Å². The molecule has 1 atom stereocenters. The van der Waals surface area contributed by atoms with Crippen LogP contribution >= 0.6 is 11.8 Å². The van der Waals surface area contributed by atoms with Crippen LogP contribution in [-0.4, -0.2) is 21.2 Å². The number of rotatable bonds is 7. The summed E-state index contributed by atoms with van der Waals surface area (Å²) in [5.74, 6) is 1.01. The number of hydrogen-bond acceptors (Lipinski definition) is 4. The van der Waals surface area contributed by atoms with Gasteiger partial charge in [0.25, 0.3) is 0 Å². The highest BCUT2D eigenvalue weighted by atomic mass is 32.2. The van der Waals surface area contributed by atoms with Crippen LogP contribution in [0.15, 0.2) is 82.6 Å². The van der Waals surface area contributed by atoms with Gasteiger partial charge in [-0.25, -0.2) is 4.98 Å². The molecule has 2 heterocycles. The third-order valence-corrected chi connectivity index (χ3v) is 5.46. The minimum absolute atomic E-state index is 0.0489. The van der Waals surface area contributed by atoms with Crippen LogP contribution in [-0.2, 0) is 11.3 Å². The van der Waals surface area contributed by atoms with Gasteiger partial charge in [-0.1, -0.05) is 60.3 Å². The fraction of sp³-hybridized carbons (Fsp3) is 0.182. The van der Waals surface area contributed by atoms with Crippen LogP contribution in [0.5, 0.6) is 0 Å². The Bertz CT molecular complexity index is 1040. The molecule has 2 aromatic heterocycles. The molecule has 28 heavy (non-hydrogen) atoms. The van der Waals surface area contributed by atoms with Crippen LogP contribution in [0.2, 0.25) is 0 Å². The molecule has 0 fully saturated rings. The first-order valence-electron chi connectivity index (χ1n) is 9.15. The molecule has 0 aliphatic carbocycles. The molecule has 0 aliphatic heterocycles. The van der Waals surface area contributed by atoms with Gasteiger partial charge in [0.05, 0.1) is 11.8 Å². The molecular weight excluding hydrogens is 370 g/mol. The molecule has 0 aliphatic rings. The monoisotopic (exact) mass is 391 g/mol. The Morgan fingerprint density at radius 2 is 1.96 bits per heavy atom. The molecule has 142 valence electrons. The van der Waals surface area contributed by atoms with Crippen molar-refractivity contribution in [1.82, 2.24) is 14.9 Å². The number of thioether (sulfide) groups is 1. The molecule has 6 heteroatoms. The summed E-state index contributed by atoms with van der Waals surface area (Å²) < 4.78 is 7.88. The molecule has 0 radical (unpaired) electrons. The highest BCUT2D eigenvalue weighted by molar-refractivity contribution is 7.99. The third-order valence-electron chi connectivity index (χ3n) is 4.45. The Kier molecular flexibility index (Phi) is 5.48. The molecule has 0 saturated carbocycles. The van der Waals surface area contributed by atoms with Crippen LogP contribution in [0.1, 0.15) is 24.3 Å². The predicted octanol–water partition coefficient (Wildman–Crippen LogP) is 4.65. The maximum atomic E-state index is 12.4. The number of para-hydroxylation sites is 1. The lowest BCUT2D eigenvalue weighted by atomic mass is 10.2. The number of nitrogens with one attached hydrogen (secondary N) is 1. The lowest BCUT2D eigenvalue weighted by Crippen LogP contribution is -2.28. The lowest BCUT2D eigenvalue weighted by Gasteiger charge is -2.11. The zero-order valence-corrected chi connectivity index (χ0v) is 16.4. The number of nitrogens with zero attached hydrogens (tertiary/aromatic N) is 2. The average molecular weight is 391 g/mol. The quantitative estimate of drug-likeness (QED) is 0.466. The van der Waals surface area contributed by atoms with Gasteiger partial charge in [0.1, 0.15) is 11.3 Å². The SMILES string of the molecule is C[C@H](NC(=O)CSc1nccn1Cc1ccccc1)c1cc2ccccc2o1. The second-order valence-electron chi connectivity index (χ2n) is 6.59. The van der Waals surface area contributed by atoms with E-state index in [0.29, 0.717) is 5.75 Å². The van der Waals surface area contributed by atoms with Crippen molar-refractivity contribution in [3.8, 4) is 0 Å². The van der Waals surface area contributed by atoms with Crippen molar-refractivity contribution in [3.63, 3.8) is 0 Å². The van der Waals surface area contributed by atoms with E-state index in [1.54, 1.807) is 6.20 Å². The molecular formula is C22H21N3O2S. The van der Waals surface area contributed by atoms with E-state index in [0.717, 1.165) is 28.4 Å². The van der Waals surface area contributed by atoms with Gasteiger partial charge in [0.15, 0.2) is 5.16 Å². The summed E-state index contributed by atoms with van der Waals surface area (Å²) in [6.45, 7) is 2.66. The van der Waals surface area contributed by atoms with Crippen molar-refractivity contribution in [2.45, 2.75) is 24.7 Å². The predicted molar refractivity (Wildman–Crippen MR) is 111 cm³/mol. The van der Waals surface area contributed by atoms with Crippen molar-refractivity contribution in [3.05, 3.63) is 84.4 Å². The summed E-state index contributed by atoms with van der Waals surface area (Å²) in [5.41, 5.74) is 2.03. The van der Waals surface area contributed by atoms with Crippen LogP contribution < -0.4 is 5.32 Å². The molecule has 4 aromatic rings. The highest BCUT2D eigenvalue weighted by Crippen LogP contribution is 2.24. The van der Waals surface area contributed by atoms with Gasteiger partial charge in [0, 0.05) is 24.3 Å². The maximum absolute atomic E-state index is 12.4. The average Bonchev–Trinajstić information content (AvgIpc) is 3.34. The molecule has 2 aromatic carbocycles. The summed E-state index contributed by atoms with van der Waals surface area (Å²) in [6.07, 6.45) is 3.70. The van der Waals surface area contributed by atoms with Gasteiger partial charge in [0.2, 0.25) is 5.91 Å². The van der Waals surface area contributed by atoms with Crippen molar-refractivity contribution >= 4 is 28.6 Å². The fourth-order valence-corrected chi connectivity index (χ4v) is 3.81.